The lowest BCUT2D eigenvalue weighted by molar-refractivity contribution is -0.291. The minimum Gasteiger partial charge on any atom is -0.394 e. The molecule has 0 aromatic carbocycles. The summed E-state index contributed by atoms with van der Waals surface area (Å²) in [6.07, 6.45) is -1.80. The topological polar surface area (TPSA) is 110 Å². The number of hydrogen-bond donors (Lipinski definition) is 3. The van der Waals surface area contributed by atoms with Crippen LogP contribution in [0.1, 0.15) is 32.5 Å². The van der Waals surface area contributed by atoms with E-state index in [0.29, 0.717) is 5.69 Å². The van der Waals surface area contributed by atoms with Crippen LogP contribution in [0.2, 0.25) is 0 Å². The molecule has 0 aliphatic carbocycles. The van der Waals surface area contributed by atoms with Gasteiger partial charge in [0.05, 0.1) is 25.5 Å². The van der Waals surface area contributed by atoms with Gasteiger partial charge in [-0.15, -0.1) is 5.10 Å². The normalized spacial score (nSPS) is 33.6. The Morgan fingerprint density at radius 1 is 1.38 bits per heavy atom. The molecule has 2 rings (SSSR count). The van der Waals surface area contributed by atoms with Gasteiger partial charge in [-0.1, -0.05) is 12.1 Å². The average molecular weight is 301 g/mol. The highest BCUT2D eigenvalue weighted by atomic mass is 16.7. The van der Waals surface area contributed by atoms with Crippen molar-refractivity contribution in [2.75, 3.05) is 6.61 Å². The van der Waals surface area contributed by atoms with Crippen molar-refractivity contribution in [1.29, 1.82) is 0 Å². The van der Waals surface area contributed by atoms with E-state index in [1.54, 1.807) is 17.8 Å². The zero-order valence-corrected chi connectivity index (χ0v) is 12.5. The molecule has 1 aliphatic heterocycles. The summed E-state index contributed by atoms with van der Waals surface area (Å²) in [4.78, 5) is 0. The molecule has 0 radical (unpaired) electrons. The largest absolute Gasteiger partial charge is 0.394 e. The SMILES string of the molecule is CC(C)n1cc(CO[C@@H]2O[C@H](CO)[C@H](O)[C@H](C)[C@H]2O)nn1. The molecule has 0 amide bonds. The van der Waals surface area contributed by atoms with E-state index in [0.717, 1.165) is 0 Å². The Balaban J connectivity index is 1.94. The Morgan fingerprint density at radius 3 is 2.67 bits per heavy atom. The van der Waals surface area contributed by atoms with Crippen molar-refractivity contribution < 1.29 is 24.8 Å². The second-order valence-electron chi connectivity index (χ2n) is 5.66. The summed E-state index contributed by atoms with van der Waals surface area (Å²) in [7, 11) is 0. The van der Waals surface area contributed by atoms with Crippen LogP contribution in [-0.4, -0.2) is 61.5 Å². The number of nitrogens with zero attached hydrogens (tertiary/aromatic N) is 3. The van der Waals surface area contributed by atoms with Crippen LogP contribution >= 0.6 is 0 Å². The molecule has 1 aliphatic rings. The van der Waals surface area contributed by atoms with Crippen LogP contribution in [0.25, 0.3) is 0 Å². The van der Waals surface area contributed by atoms with Gasteiger partial charge in [-0.2, -0.15) is 0 Å². The molecule has 1 aromatic heterocycles. The van der Waals surface area contributed by atoms with Gasteiger partial charge in [0.2, 0.25) is 0 Å². The van der Waals surface area contributed by atoms with Crippen LogP contribution in [0.15, 0.2) is 6.20 Å². The predicted molar refractivity (Wildman–Crippen MR) is 72.1 cm³/mol. The highest BCUT2D eigenvalue weighted by Crippen LogP contribution is 2.26. The molecule has 0 bridgehead atoms. The molecular formula is C13H23N3O5. The van der Waals surface area contributed by atoms with Crippen LogP contribution in [0, 0.1) is 5.92 Å². The number of hydrogen-bond acceptors (Lipinski definition) is 7. The van der Waals surface area contributed by atoms with E-state index < -0.39 is 30.5 Å². The summed E-state index contributed by atoms with van der Waals surface area (Å²) in [5.74, 6) is -0.452. The van der Waals surface area contributed by atoms with Crippen LogP contribution in [0.4, 0.5) is 0 Å². The smallest absolute Gasteiger partial charge is 0.184 e. The lowest BCUT2D eigenvalue weighted by Gasteiger charge is -2.40. The maximum absolute atomic E-state index is 10.1. The fraction of sp³-hybridized carbons (Fsp3) is 0.846. The lowest BCUT2D eigenvalue weighted by atomic mass is 9.91. The third-order valence-electron chi connectivity index (χ3n) is 3.71. The van der Waals surface area contributed by atoms with Gasteiger partial charge in [0.15, 0.2) is 6.29 Å². The Hall–Kier alpha value is -1.06. The molecule has 2 heterocycles. The van der Waals surface area contributed by atoms with Crippen molar-refractivity contribution in [3.63, 3.8) is 0 Å². The molecule has 1 fully saturated rings. The molecule has 0 saturated carbocycles. The number of aliphatic hydroxyl groups is 3. The van der Waals surface area contributed by atoms with E-state index in [2.05, 4.69) is 10.3 Å². The highest BCUT2D eigenvalue weighted by Gasteiger charge is 2.42. The van der Waals surface area contributed by atoms with E-state index in [4.69, 9.17) is 9.47 Å². The van der Waals surface area contributed by atoms with Gasteiger partial charge in [-0.05, 0) is 13.8 Å². The monoisotopic (exact) mass is 301 g/mol. The van der Waals surface area contributed by atoms with Crippen molar-refractivity contribution in [3.8, 4) is 0 Å². The van der Waals surface area contributed by atoms with E-state index in [-0.39, 0.29) is 19.3 Å². The Bertz CT molecular complexity index is 451. The van der Waals surface area contributed by atoms with Crippen LogP contribution in [-0.2, 0) is 16.1 Å². The standard InChI is InChI=1S/C13H23N3O5/c1-7(2)16-4-9(14-15-16)6-20-13-12(19)8(3)11(18)10(5-17)21-13/h4,7-8,10-13,17-19H,5-6H2,1-3H3/t8-,10+,11+,12+,13+/m0/s1. The molecule has 0 unspecified atom stereocenters. The minimum absolute atomic E-state index is 0.134. The molecule has 8 nitrogen and oxygen atoms in total. The predicted octanol–water partition coefficient (Wildman–Crippen LogP) is -0.549. The van der Waals surface area contributed by atoms with Gasteiger partial charge in [0.1, 0.15) is 17.9 Å². The van der Waals surface area contributed by atoms with Gasteiger partial charge in [0.25, 0.3) is 0 Å². The van der Waals surface area contributed by atoms with Crippen molar-refractivity contribution in [2.45, 2.75) is 58.0 Å². The van der Waals surface area contributed by atoms with E-state index in [9.17, 15) is 15.3 Å². The lowest BCUT2D eigenvalue weighted by Crippen LogP contribution is -2.55. The van der Waals surface area contributed by atoms with Crippen molar-refractivity contribution in [3.05, 3.63) is 11.9 Å². The average Bonchev–Trinajstić information content (AvgIpc) is 2.93. The molecule has 120 valence electrons. The Labute approximate surface area is 123 Å². The summed E-state index contributed by atoms with van der Waals surface area (Å²) in [6.45, 7) is 5.47. The molecule has 5 atom stereocenters. The first-order valence-electron chi connectivity index (χ1n) is 7.08. The van der Waals surface area contributed by atoms with Crippen LogP contribution < -0.4 is 0 Å². The van der Waals surface area contributed by atoms with Gasteiger partial charge >= 0.3 is 0 Å². The number of rotatable bonds is 5. The Kier molecular flexibility index (Phi) is 5.28. The summed E-state index contributed by atoms with van der Waals surface area (Å²) in [6, 6.07) is 0.205. The van der Waals surface area contributed by atoms with E-state index >= 15 is 0 Å². The fourth-order valence-corrected chi connectivity index (χ4v) is 2.21. The fourth-order valence-electron chi connectivity index (χ4n) is 2.21. The van der Waals surface area contributed by atoms with Crippen molar-refractivity contribution >= 4 is 0 Å². The Morgan fingerprint density at radius 2 is 2.10 bits per heavy atom. The zero-order valence-electron chi connectivity index (χ0n) is 12.5. The van der Waals surface area contributed by atoms with Gasteiger partial charge in [-0.25, -0.2) is 4.68 Å². The van der Waals surface area contributed by atoms with Gasteiger partial charge in [-0.3, -0.25) is 0 Å². The first-order chi connectivity index (χ1) is 9.93. The van der Waals surface area contributed by atoms with Gasteiger partial charge in [0, 0.05) is 12.0 Å². The molecule has 0 spiro atoms. The zero-order chi connectivity index (χ0) is 15.6. The number of aliphatic hydroxyl groups excluding tert-OH is 3. The molecule has 1 aromatic rings. The summed E-state index contributed by atoms with van der Waals surface area (Å²) >= 11 is 0. The van der Waals surface area contributed by atoms with E-state index in [1.165, 1.54) is 0 Å². The summed E-state index contributed by atoms with van der Waals surface area (Å²) in [5, 5.41) is 37.0. The highest BCUT2D eigenvalue weighted by molar-refractivity contribution is 4.92. The number of ether oxygens (including phenoxy) is 2. The first-order valence-corrected chi connectivity index (χ1v) is 7.08. The third-order valence-corrected chi connectivity index (χ3v) is 3.71. The van der Waals surface area contributed by atoms with Crippen molar-refractivity contribution in [2.24, 2.45) is 5.92 Å². The van der Waals surface area contributed by atoms with Crippen molar-refractivity contribution in [1.82, 2.24) is 15.0 Å². The summed E-state index contributed by atoms with van der Waals surface area (Å²) < 4.78 is 12.6. The van der Waals surface area contributed by atoms with E-state index in [1.807, 2.05) is 13.8 Å². The number of aromatic nitrogens is 3. The molecule has 21 heavy (non-hydrogen) atoms. The van der Waals surface area contributed by atoms with Crippen LogP contribution in [0.5, 0.6) is 0 Å². The maximum Gasteiger partial charge on any atom is 0.184 e. The minimum atomic E-state index is -0.969. The summed E-state index contributed by atoms with van der Waals surface area (Å²) in [5.41, 5.74) is 0.624. The second kappa shape index (κ2) is 6.80. The first kappa shape index (κ1) is 16.3. The molecule has 3 N–H and O–H groups in total. The quantitative estimate of drug-likeness (QED) is 0.669. The maximum atomic E-state index is 10.1. The molecule has 1 saturated heterocycles. The molecular weight excluding hydrogens is 278 g/mol. The molecule has 8 heteroatoms. The van der Waals surface area contributed by atoms with Gasteiger partial charge < -0.3 is 24.8 Å². The second-order valence-corrected chi connectivity index (χ2v) is 5.66. The van der Waals surface area contributed by atoms with Crippen LogP contribution in [0.3, 0.4) is 0 Å². The third kappa shape index (κ3) is 3.58.